The molecule has 0 radical (unpaired) electrons. The van der Waals surface area contributed by atoms with Crippen molar-refractivity contribution in [2.45, 2.75) is 166 Å². The number of benzene rings is 2. The molecule has 4 bridgehead atoms. The summed E-state index contributed by atoms with van der Waals surface area (Å²) >= 11 is 0. The van der Waals surface area contributed by atoms with E-state index in [1.165, 1.54) is 29.7 Å². The third kappa shape index (κ3) is 15.0. The predicted octanol–water partition coefficient (Wildman–Crippen LogP) is 5.10. The van der Waals surface area contributed by atoms with Crippen LogP contribution in [0.15, 0.2) is 60.7 Å². The number of aliphatic carboxylic acids is 1. The van der Waals surface area contributed by atoms with Crippen LogP contribution >= 0.6 is 0 Å². The largest absolute Gasteiger partial charge is 0.480 e. The summed E-state index contributed by atoms with van der Waals surface area (Å²) < 4.78 is 10.7. The maximum atomic E-state index is 13.0. The van der Waals surface area contributed by atoms with Crippen molar-refractivity contribution in [1.29, 1.82) is 0 Å². The van der Waals surface area contributed by atoms with Crippen molar-refractivity contribution in [1.82, 2.24) is 40.5 Å². The van der Waals surface area contributed by atoms with Gasteiger partial charge in [-0.1, -0.05) is 60.7 Å². The molecule has 0 aliphatic carbocycles. The number of amides is 8. The van der Waals surface area contributed by atoms with E-state index < -0.39 is 53.5 Å². The van der Waals surface area contributed by atoms with Gasteiger partial charge in [-0.3, -0.25) is 39.3 Å². The molecule has 0 saturated carbocycles. The Labute approximate surface area is 426 Å². The lowest BCUT2D eigenvalue weighted by Crippen LogP contribution is -2.54. The monoisotopic (exact) mass is 1020 g/mol. The zero-order chi connectivity index (χ0) is 53.0. The third-order valence-corrected chi connectivity index (χ3v) is 13.2. The number of piperidine rings is 4. The Morgan fingerprint density at radius 2 is 1.03 bits per heavy atom. The van der Waals surface area contributed by atoms with Crippen molar-refractivity contribution < 1.29 is 62.6 Å². The molecule has 0 unspecified atom stereocenters. The van der Waals surface area contributed by atoms with Crippen molar-refractivity contribution in [3.05, 3.63) is 71.8 Å². The Kier molecular flexibility index (Phi) is 19.1. The Bertz CT molecular complexity index is 2260. The number of nitrogens with zero attached hydrogens (tertiary/aromatic N) is 6. The van der Waals surface area contributed by atoms with Gasteiger partial charge in [-0.05, 0) is 117 Å². The van der Waals surface area contributed by atoms with Gasteiger partial charge in [-0.15, -0.1) is 0 Å². The highest BCUT2D eigenvalue weighted by molar-refractivity contribution is 5.94. The minimum Gasteiger partial charge on any atom is -0.480 e. The third-order valence-electron chi connectivity index (χ3n) is 13.2. The normalized spacial score (nSPS) is 23.6. The van der Waals surface area contributed by atoms with Gasteiger partial charge in [0.15, 0.2) is 5.78 Å². The summed E-state index contributed by atoms with van der Waals surface area (Å²) in [5.74, 6) is 3.24. The Morgan fingerprint density at radius 1 is 0.589 bits per heavy atom. The molecular weight excluding hydrogens is 947 g/mol. The second-order valence-electron chi connectivity index (χ2n) is 20.9. The van der Waals surface area contributed by atoms with E-state index in [1.807, 2.05) is 60.7 Å². The van der Waals surface area contributed by atoms with Crippen LogP contribution in [0.3, 0.4) is 0 Å². The summed E-state index contributed by atoms with van der Waals surface area (Å²) in [4.78, 5) is 116. The fraction of sp³-hybridized carbons (Fsp3) is 0.608. The van der Waals surface area contributed by atoms with E-state index in [2.05, 4.69) is 10.7 Å². The molecule has 6 aliphatic heterocycles. The number of carboxylic acids is 1. The molecule has 6 atom stereocenters. The van der Waals surface area contributed by atoms with Crippen LogP contribution in [-0.2, 0) is 51.5 Å². The Hall–Kier alpha value is -6.52. The van der Waals surface area contributed by atoms with Crippen molar-refractivity contribution >= 4 is 47.8 Å². The van der Waals surface area contributed by atoms with Crippen LogP contribution < -0.4 is 16.6 Å². The summed E-state index contributed by atoms with van der Waals surface area (Å²) in [6.45, 7) is 13.0. The minimum absolute atomic E-state index is 0.0400. The molecule has 0 spiro atoms. The number of hydrazine groups is 1. The number of ketones is 1. The van der Waals surface area contributed by atoms with E-state index in [1.54, 1.807) is 41.5 Å². The molecule has 6 aliphatic rings. The van der Waals surface area contributed by atoms with Crippen LogP contribution in [0.5, 0.6) is 0 Å². The maximum absolute atomic E-state index is 13.0. The first-order chi connectivity index (χ1) is 34.6. The van der Waals surface area contributed by atoms with E-state index in [4.69, 9.17) is 30.1 Å². The number of nitrogens with two attached hydrogens (primary N) is 1. The standard InChI is InChI=1S/C26H36N4O6.C14H16N2O4.C11H21N3O3/c1-26(2,3)36-25(34)28-14-8-7-11-20(28)22(31)15-27-23(32)21-13-12-19-16-29(21)24(33)30(19)35-17-18-9-5-4-6-10-18;17-13(18)12-7-6-11-8-15(12)14(19)16(11)20-9-10-4-2-1-3-5-10;1-11(2,3)17-10(16)14-7-5-4-6-8(14)9(15)13-12/h4-6,9-10,19-21H,7-8,11-17H2,1-3H3,(H,27,32);1-5,11-12H,6-9H2,(H,17,18);8H,4-7,12H2,1-3H3,(H,13,15)/t19-,20+,21+;11-,12+;8-/m110/s1. The van der Waals surface area contributed by atoms with Gasteiger partial charge < -0.3 is 29.7 Å². The van der Waals surface area contributed by atoms with E-state index in [0.29, 0.717) is 71.3 Å². The van der Waals surface area contributed by atoms with Gasteiger partial charge in [-0.2, -0.15) is 10.1 Å². The molecule has 73 heavy (non-hydrogen) atoms. The summed E-state index contributed by atoms with van der Waals surface area (Å²) in [6.07, 6.45) is 5.91. The fourth-order valence-electron chi connectivity index (χ4n) is 9.62. The SMILES string of the molecule is CC(C)(C)OC(=O)N1CCCC[C@H]1C(=O)CNC(=O)[C@@H]1CC[C@@H]2CN1C(=O)N2OCc1ccccc1.CC(C)(C)OC(=O)N1CCCC[C@H]1C(=O)NN.O=C(O)[C@@H]1CC[C@@H]2CN1C(=O)N2OCc1ccccc1. The molecule has 6 heterocycles. The highest BCUT2D eigenvalue weighted by Gasteiger charge is 2.49. The second-order valence-corrected chi connectivity index (χ2v) is 20.9. The van der Waals surface area contributed by atoms with Crippen LogP contribution in [0.25, 0.3) is 0 Å². The highest BCUT2D eigenvalue weighted by atomic mass is 16.7. The lowest BCUT2D eigenvalue weighted by molar-refractivity contribution is -0.143. The van der Waals surface area contributed by atoms with Crippen LogP contribution in [0.1, 0.15) is 117 Å². The van der Waals surface area contributed by atoms with Crippen molar-refractivity contribution in [2.75, 3.05) is 32.7 Å². The molecule has 2 aromatic carbocycles. The quantitative estimate of drug-likeness (QED) is 0.123. The molecule has 5 N–H and O–H groups in total. The molecule has 6 fully saturated rings. The molecular formula is C51H73N9O13. The number of likely N-dealkylation sites (tertiary alicyclic amines) is 2. The highest BCUT2D eigenvalue weighted by Crippen LogP contribution is 2.32. The van der Waals surface area contributed by atoms with Gasteiger partial charge in [0.1, 0.15) is 42.5 Å². The van der Waals surface area contributed by atoms with Crippen molar-refractivity contribution in [2.24, 2.45) is 5.84 Å². The van der Waals surface area contributed by atoms with Gasteiger partial charge in [0.25, 0.3) is 5.91 Å². The van der Waals surface area contributed by atoms with Crippen LogP contribution in [0.4, 0.5) is 19.2 Å². The lowest BCUT2D eigenvalue weighted by Gasteiger charge is -2.36. The average Bonchev–Trinajstić information content (AvgIpc) is 3.75. The molecule has 8 amide bonds. The Balaban J connectivity index is 0.000000198. The molecule has 0 aromatic heterocycles. The topological polar surface area (TPSA) is 263 Å². The first-order valence-electron chi connectivity index (χ1n) is 25.2. The fourth-order valence-corrected chi connectivity index (χ4v) is 9.62. The molecule has 2 aromatic rings. The Morgan fingerprint density at radius 3 is 1.48 bits per heavy atom. The van der Waals surface area contributed by atoms with E-state index in [9.17, 15) is 38.4 Å². The number of carbonyl (C=O) groups is 8. The molecule has 400 valence electrons. The number of ether oxygens (including phenoxy) is 2. The number of carboxylic acid groups (broad SMARTS) is 1. The zero-order valence-corrected chi connectivity index (χ0v) is 42.9. The van der Waals surface area contributed by atoms with Gasteiger partial charge in [0.2, 0.25) is 5.91 Å². The summed E-state index contributed by atoms with van der Waals surface area (Å²) in [6, 6.07) is 15.9. The number of rotatable bonds is 12. The molecule has 22 heteroatoms. The number of hydroxylamine groups is 4. The second kappa shape index (κ2) is 24.9. The first kappa shape index (κ1) is 55.8. The van der Waals surface area contributed by atoms with Crippen LogP contribution in [-0.4, -0.2) is 163 Å². The summed E-state index contributed by atoms with van der Waals surface area (Å²) in [5.41, 5.74) is 2.81. The lowest BCUT2D eigenvalue weighted by atomic mass is 9.98. The predicted molar refractivity (Wildman–Crippen MR) is 263 cm³/mol. The average molecular weight is 1020 g/mol. The van der Waals surface area contributed by atoms with Crippen LogP contribution in [0.2, 0.25) is 0 Å². The van der Waals surface area contributed by atoms with Gasteiger partial charge >= 0.3 is 30.2 Å². The molecule has 8 rings (SSSR count). The van der Waals surface area contributed by atoms with Gasteiger partial charge in [-0.25, -0.2) is 29.8 Å². The number of urea groups is 2. The summed E-state index contributed by atoms with van der Waals surface area (Å²) in [5, 5.41) is 14.6. The number of Topliss-reactive ketones (excluding diaryl/α,β-unsaturated/α-hetero) is 1. The van der Waals surface area contributed by atoms with E-state index >= 15 is 0 Å². The summed E-state index contributed by atoms with van der Waals surface area (Å²) in [7, 11) is 0. The number of hydrogen-bond acceptors (Lipinski definition) is 13. The number of nitrogens with one attached hydrogen (secondary N) is 2. The van der Waals surface area contributed by atoms with Crippen molar-refractivity contribution in [3.8, 4) is 0 Å². The number of carbonyl (C=O) groups excluding carboxylic acids is 7. The van der Waals surface area contributed by atoms with Crippen LogP contribution in [0, 0.1) is 0 Å². The van der Waals surface area contributed by atoms with E-state index in [-0.39, 0.29) is 54.9 Å². The number of fused-ring (bicyclic) bond motifs is 4. The zero-order valence-electron chi connectivity index (χ0n) is 42.9. The van der Waals surface area contributed by atoms with Gasteiger partial charge in [0.05, 0.1) is 24.7 Å². The minimum atomic E-state index is -0.943. The maximum Gasteiger partial charge on any atom is 0.410 e. The molecule has 22 nitrogen and oxygen atoms in total. The van der Waals surface area contributed by atoms with Gasteiger partial charge in [0, 0.05) is 26.2 Å². The molecule has 6 saturated heterocycles. The number of hydrogen-bond donors (Lipinski definition) is 4. The first-order valence-corrected chi connectivity index (χ1v) is 25.2. The smallest absolute Gasteiger partial charge is 0.410 e. The van der Waals surface area contributed by atoms with E-state index in [0.717, 1.165) is 36.8 Å². The van der Waals surface area contributed by atoms with Crippen molar-refractivity contribution in [3.63, 3.8) is 0 Å².